The molecular formula is C20H28NO4+. The van der Waals surface area contributed by atoms with Gasteiger partial charge >= 0.3 is 5.97 Å². The summed E-state index contributed by atoms with van der Waals surface area (Å²) in [6.07, 6.45) is 7.60. The lowest BCUT2D eigenvalue weighted by molar-refractivity contribution is -0.947. The van der Waals surface area contributed by atoms with Crippen LogP contribution in [0, 0.1) is 5.92 Å². The van der Waals surface area contributed by atoms with E-state index in [1.165, 1.54) is 49.7 Å². The molecule has 3 aliphatic rings. The van der Waals surface area contributed by atoms with Crippen LogP contribution in [0.1, 0.15) is 48.9 Å². The van der Waals surface area contributed by atoms with Crippen LogP contribution < -0.4 is 9.47 Å². The van der Waals surface area contributed by atoms with Crippen molar-refractivity contribution in [2.75, 3.05) is 33.5 Å². The Morgan fingerprint density at radius 3 is 2.92 bits per heavy atom. The van der Waals surface area contributed by atoms with Crippen LogP contribution in [0.15, 0.2) is 18.2 Å². The summed E-state index contributed by atoms with van der Waals surface area (Å²) < 4.78 is 17.4. The van der Waals surface area contributed by atoms with Crippen LogP contribution in [0.3, 0.4) is 0 Å². The van der Waals surface area contributed by atoms with Crippen LogP contribution in [0.5, 0.6) is 11.5 Å². The van der Waals surface area contributed by atoms with E-state index in [1.807, 2.05) is 0 Å². The normalized spacial score (nSPS) is 30.6. The maximum Gasteiger partial charge on any atom is 0.338 e. The summed E-state index contributed by atoms with van der Waals surface area (Å²) in [5.74, 6) is 1.73. The molecule has 1 aromatic carbocycles. The molecule has 136 valence electrons. The summed E-state index contributed by atoms with van der Waals surface area (Å²) in [7, 11) is 2.43. The van der Waals surface area contributed by atoms with Crippen molar-refractivity contribution in [3.8, 4) is 11.5 Å². The third kappa shape index (κ3) is 3.34. The molecule has 0 aromatic heterocycles. The summed E-state index contributed by atoms with van der Waals surface area (Å²) in [6.45, 7) is 3.36. The van der Waals surface area contributed by atoms with E-state index in [2.05, 4.69) is 7.05 Å². The van der Waals surface area contributed by atoms with Crippen molar-refractivity contribution in [2.24, 2.45) is 5.92 Å². The fraction of sp³-hybridized carbons (Fsp3) is 0.650. The molecule has 4 rings (SSSR count). The number of ether oxygens (including phenoxy) is 3. The lowest BCUT2D eigenvalue weighted by atomic mass is 9.80. The van der Waals surface area contributed by atoms with E-state index in [9.17, 15) is 4.79 Å². The van der Waals surface area contributed by atoms with Gasteiger partial charge in [0.1, 0.15) is 0 Å². The van der Waals surface area contributed by atoms with Gasteiger partial charge in [-0.1, -0.05) is 0 Å². The molecule has 0 radical (unpaired) electrons. The molecule has 5 nitrogen and oxygen atoms in total. The van der Waals surface area contributed by atoms with E-state index in [0.29, 0.717) is 29.6 Å². The van der Waals surface area contributed by atoms with Gasteiger partial charge < -0.3 is 18.7 Å². The molecular weight excluding hydrogens is 318 g/mol. The average Bonchev–Trinajstić information content (AvgIpc) is 3.09. The molecule has 0 amide bonds. The highest BCUT2D eigenvalue weighted by Crippen LogP contribution is 2.37. The molecule has 3 heterocycles. The lowest BCUT2D eigenvalue weighted by Gasteiger charge is -2.51. The number of esters is 1. The standard InChI is InChI=1S/C20H28NO4/c1-21-10-3-2-6-17(21)15(5-4-11-21)9-12-23-20(22)16-7-8-18-19(13-16)25-14-24-18/h7-8,13,15,17H,2-6,9-12,14H2,1H3/q+1. The lowest BCUT2D eigenvalue weighted by Crippen LogP contribution is -2.60. The summed E-state index contributed by atoms with van der Waals surface area (Å²) in [4.78, 5) is 12.3. The number of carbonyl (C=O) groups is 1. The topological polar surface area (TPSA) is 44.8 Å². The Labute approximate surface area is 149 Å². The van der Waals surface area contributed by atoms with Crippen molar-refractivity contribution < 1.29 is 23.5 Å². The molecule has 0 bridgehead atoms. The number of fused-ring (bicyclic) bond motifs is 2. The Kier molecular flexibility index (Phi) is 4.59. The Hall–Kier alpha value is -1.75. The van der Waals surface area contributed by atoms with Crippen molar-refractivity contribution in [2.45, 2.75) is 44.6 Å². The molecule has 0 aliphatic carbocycles. The van der Waals surface area contributed by atoms with E-state index in [-0.39, 0.29) is 12.8 Å². The smallest absolute Gasteiger partial charge is 0.338 e. The largest absolute Gasteiger partial charge is 0.462 e. The molecule has 25 heavy (non-hydrogen) atoms. The highest BCUT2D eigenvalue weighted by atomic mass is 16.7. The van der Waals surface area contributed by atoms with Crippen LogP contribution in [-0.4, -0.2) is 50.0 Å². The highest BCUT2D eigenvalue weighted by molar-refractivity contribution is 5.90. The van der Waals surface area contributed by atoms with E-state index in [1.54, 1.807) is 18.2 Å². The van der Waals surface area contributed by atoms with Gasteiger partial charge in [0.2, 0.25) is 6.79 Å². The van der Waals surface area contributed by atoms with Crippen LogP contribution in [0.4, 0.5) is 0 Å². The van der Waals surface area contributed by atoms with Gasteiger partial charge in [-0.2, -0.15) is 0 Å². The van der Waals surface area contributed by atoms with Crippen molar-refractivity contribution in [3.05, 3.63) is 23.8 Å². The third-order valence-corrected chi connectivity index (χ3v) is 6.34. The number of piperidine rings is 2. The van der Waals surface area contributed by atoms with Gasteiger partial charge in [-0.3, -0.25) is 0 Å². The van der Waals surface area contributed by atoms with Gasteiger partial charge in [0, 0.05) is 5.92 Å². The second-order valence-corrected chi connectivity index (χ2v) is 7.88. The number of nitrogens with zero attached hydrogens (tertiary/aromatic N) is 1. The fourth-order valence-electron chi connectivity index (χ4n) is 4.98. The van der Waals surface area contributed by atoms with Crippen molar-refractivity contribution in [3.63, 3.8) is 0 Å². The minimum atomic E-state index is -0.269. The first-order valence-corrected chi connectivity index (χ1v) is 9.57. The van der Waals surface area contributed by atoms with E-state index < -0.39 is 0 Å². The first-order chi connectivity index (χ1) is 12.2. The number of rotatable bonds is 4. The molecule has 1 aromatic rings. The Bertz CT molecular complexity index is 643. The maximum absolute atomic E-state index is 12.3. The van der Waals surface area contributed by atoms with Gasteiger partial charge in [-0.05, 0) is 56.7 Å². The Morgan fingerprint density at radius 2 is 2.00 bits per heavy atom. The zero-order chi connectivity index (χ0) is 17.3. The SMILES string of the molecule is C[N+]12CCCCC1C(CCOC(=O)c1ccc3c(c1)OCO3)CCC2. The third-order valence-electron chi connectivity index (χ3n) is 6.34. The van der Waals surface area contributed by atoms with Crippen molar-refractivity contribution in [1.82, 2.24) is 0 Å². The summed E-state index contributed by atoms with van der Waals surface area (Å²) in [6, 6.07) is 5.98. The zero-order valence-electron chi connectivity index (χ0n) is 15.0. The molecule has 5 heteroatoms. The Balaban J connectivity index is 1.32. The van der Waals surface area contributed by atoms with Gasteiger partial charge in [0.05, 0.1) is 38.3 Å². The fourth-order valence-corrected chi connectivity index (χ4v) is 4.98. The molecule has 3 aliphatic heterocycles. The number of quaternary nitrogens is 1. The minimum absolute atomic E-state index is 0.216. The van der Waals surface area contributed by atoms with Crippen LogP contribution in [0.25, 0.3) is 0 Å². The van der Waals surface area contributed by atoms with Gasteiger partial charge in [0.15, 0.2) is 11.5 Å². The zero-order valence-corrected chi connectivity index (χ0v) is 15.0. The Morgan fingerprint density at radius 1 is 1.16 bits per heavy atom. The summed E-state index contributed by atoms with van der Waals surface area (Å²) in [5, 5.41) is 0. The second kappa shape index (κ2) is 6.87. The second-order valence-electron chi connectivity index (χ2n) is 7.88. The first kappa shape index (κ1) is 16.7. The van der Waals surface area contributed by atoms with Crippen LogP contribution >= 0.6 is 0 Å². The maximum atomic E-state index is 12.3. The predicted molar refractivity (Wildman–Crippen MR) is 93.7 cm³/mol. The molecule has 3 atom stereocenters. The van der Waals surface area contributed by atoms with Crippen LogP contribution in [0.2, 0.25) is 0 Å². The first-order valence-electron chi connectivity index (χ1n) is 9.57. The molecule has 0 saturated carbocycles. The van der Waals surface area contributed by atoms with Gasteiger partial charge in [0.25, 0.3) is 0 Å². The molecule has 0 N–H and O–H groups in total. The quantitative estimate of drug-likeness (QED) is 0.619. The predicted octanol–water partition coefficient (Wildman–Crippen LogP) is 3.37. The van der Waals surface area contributed by atoms with E-state index >= 15 is 0 Å². The van der Waals surface area contributed by atoms with Crippen molar-refractivity contribution in [1.29, 1.82) is 0 Å². The van der Waals surface area contributed by atoms with Gasteiger partial charge in [-0.15, -0.1) is 0 Å². The molecule has 2 fully saturated rings. The highest BCUT2D eigenvalue weighted by Gasteiger charge is 2.43. The van der Waals surface area contributed by atoms with E-state index in [0.717, 1.165) is 12.5 Å². The number of benzene rings is 1. The molecule has 0 spiro atoms. The van der Waals surface area contributed by atoms with E-state index in [4.69, 9.17) is 14.2 Å². The van der Waals surface area contributed by atoms with Gasteiger partial charge in [-0.25, -0.2) is 4.79 Å². The molecule has 2 saturated heterocycles. The molecule has 3 unspecified atom stereocenters. The summed E-state index contributed by atoms with van der Waals surface area (Å²) in [5.41, 5.74) is 0.534. The number of hydrogen-bond acceptors (Lipinski definition) is 4. The minimum Gasteiger partial charge on any atom is -0.462 e. The average molecular weight is 346 g/mol. The van der Waals surface area contributed by atoms with Crippen molar-refractivity contribution >= 4 is 5.97 Å². The number of hydrogen-bond donors (Lipinski definition) is 0. The van der Waals surface area contributed by atoms with Crippen LogP contribution in [-0.2, 0) is 4.74 Å². The number of carbonyl (C=O) groups excluding carboxylic acids is 1. The monoisotopic (exact) mass is 346 g/mol. The summed E-state index contributed by atoms with van der Waals surface area (Å²) >= 11 is 0.